The summed E-state index contributed by atoms with van der Waals surface area (Å²) in [6.45, 7) is 6.91. The molecule has 6 heteroatoms. The fraction of sp³-hybridized carbons (Fsp3) is 0.818. The molecule has 0 saturated carbocycles. The van der Waals surface area contributed by atoms with Gasteiger partial charge in [0.05, 0.1) is 13.1 Å². The molecule has 1 atom stereocenters. The Bertz CT molecular complexity index is 350. The zero-order chi connectivity index (χ0) is 12.7. The summed E-state index contributed by atoms with van der Waals surface area (Å²) in [5.74, 6) is 0. The first-order valence-electron chi connectivity index (χ1n) is 5.75. The molecule has 0 unspecified atom stereocenters. The molecule has 2 aliphatic heterocycles. The number of hydrogen-bond acceptors (Lipinski definition) is 4. The molecule has 0 bridgehead atoms. The van der Waals surface area contributed by atoms with E-state index < -0.39 is 17.3 Å². The molecule has 2 saturated heterocycles. The van der Waals surface area contributed by atoms with Gasteiger partial charge in [-0.15, -0.1) is 0 Å². The van der Waals surface area contributed by atoms with Crippen molar-refractivity contribution in [2.75, 3.05) is 19.6 Å². The standard InChI is InChI=1S/C11H18N2O4/c1-10(2,3)17-9(15)13-5-4-11(7-13)6-12-8(14)16-11/h4-7H2,1-3H3,(H,12,14)/t11-/m0/s1. The largest absolute Gasteiger partial charge is 0.444 e. The van der Waals surface area contributed by atoms with Crippen molar-refractivity contribution in [1.82, 2.24) is 10.2 Å². The van der Waals surface area contributed by atoms with Gasteiger partial charge in [-0.3, -0.25) is 0 Å². The van der Waals surface area contributed by atoms with E-state index in [1.54, 1.807) is 4.90 Å². The number of hydrogen-bond donors (Lipinski definition) is 1. The molecule has 0 radical (unpaired) electrons. The Morgan fingerprint density at radius 2 is 2.24 bits per heavy atom. The maximum atomic E-state index is 11.8. The van der Waals surface area contributed by atoms with Crippen molar-refractivity contribution in [3.8, 4) is 0 Å². The molecule has 2 amide bonds. The van der Waals surface area contributed by atoms with Crippen LogP contribution in [0, 0.1) is 0 Å². The molecular formula is C11H18N2O4. The lowest BCUT2D eigenvalue weighted by Gasteiger charge is -2.25. The highest BCUT2D eigenvalue weighted by molar-refractivity contribution is 5.72. The van der Waals surface area contributed by atoms with Crippen molar-refractivity contribution in [1.29, 1.82) is 0 Å². The van der Waals surface area contributed by atoms with Crippen molar-refractivity contribution in [3.63, 3.8) is 0 Å². The van der Waals surface area contributed by atoms with Crippen LogP contribution in [-0.2, 0) is 9.47 Å². The first-order chi connectivity index (χ1) is 7.80. The van der Waals surface area contributed by atoms with Gasteiger partial charge in [-0.05, 0) is 20.8 Å². The molecule has 0 aromatic heterocycles. The predicted molar refractivity (Wildman–Crippen MR) is 59.6 cm³/mol. The number of carbonyl (C=O) groups is 2. The minimum Gasteiger partial charge on any atom is -0.444 e. The SMILES string of the molecule is CC(C)(C)OC(=O)N1CC[C@]2(CNC(=O)O2)C1. The minimum absolute atomic E-state index is 0.350. The highest BCUT2D eigenvalue weighted by Crippen LogP contribution is 2.29. The summed E-state index contributed by atoms with van der Waals surface area (Å²) in [6, 6.07) is 0. The molecule has 1 spiro atoms. The van der Waals surface area contributed by atoms with Crippen LogP contribution in [0.25, 0.3) is 0 Å². The van der Waals surface area contributed by atoms with E-state index in [0.29, 0.717) is 26.1 Å². The maximum absolute atomic E-state index is 11.8. The third kappa shape index (κ3) is 2.62. The molecule has 6 nitrogen and oxygen atoms in total. The lowest BCUT2D eigenvalue weighted by Crippen LogP contribution is -2.40. The number of alkyl carbamates (subject to hydrolysis) is 1. The summed E-state index contributed by atoms with van der Waals surface area (Å²) < 4.78 is 10.5. The van der Waals surface area contributed by atoms with E-state index in [0.717, 1.165) is 0 Å². The van der Waals surface area contributed by atoms with Crippen molar-refractivity contribution in [2.24, 2.45) is 0 Å². The Morgan fingerprint density at radius 3 is 2.76 bits per heavy atom. The quantitative estimate of drug-likeness (QED) is 0.690. The second-order valence-electron chi connectivity index (χ2n) is 5.58. The van der Waals surface area contributed by atoms with Crippen molar-refractivity contribution < 1.29 is 19.1 Å². The van der Waals surface area contributed by atoms with Gasteiger partial charge in [0.15, 0.2) is 5.60 Å². The zero-order valence-corrected chi connectivity index (χ0v) is 10.4. The van der Waals surface area contributed by atoms with Crippen LogP contribution in [0.15, 0.2) is 0 Å². The second-order valence-corrected chi connectivity index (χ2v) is 5.58. The fourth-order valence-electron chi connectivity index (χ4n) is 2.06. The van der Waals surface area contributed by atoms with Crippen LogP contribution in [0.4, 0.5) is 9.59 Å². The molecule has 0 aromatic carbocycles. The third-order valence-electron chi connectivity index (χ3n) is 2.83. The average Bonchev–Trinajstić information content (AvgIpc) is 2.72. The van der Waals surface area contributed by atoms with E-state index >= 15 is 0 Å². The van der Waals surface area contributed by atoms with Gasteiger partial charge in [0, 0.05) is 13.0 Å². The number of ether oxygens (including phenoxy) is 2. The molecule has 2 heterocycles. The second kappa shape index (κ2) is 3.78. The Balaban J connectivity index is 1.94. The average molecular weight is 242 g/mol. The molecule has 0 aliphatic carbocycles. The highest BCUT2D eigenvalue weighted by Gasteiger charge is 2.47. The van der Waals surface area contributed by atoms with Crippen LogP contribution in [0.3, 0.4) is 0 Å². The van der Waals surface area contributed by atoms with E-state index in [9.17, 15) is 9.59 Å². The van der Waals surface area contributed by atoms with Crippen LogP contribution in [0.1, 0.15) is 27.2 Å². The summed E-state index contributed by atoms with van der Waals surface area (Å²) in [4.78, 5) is 24.5. The Kier molecular flexibility index (Phi) is 2.67. The van der Waals surface area contributed by atoms with E-state index in [1.165, 1.54) is 0 Å². The number of nitrogens with zero attached hydrogens (tertiary/aromatic N) is 1. The molecule has 1 N–H and O–H groups in total. The summed E-state index contributed by atoms with van der Waals surface area (Å²) in [5, 5.41) is 2.62. The van der Waals surface area contributed by atoms with Gasteiger partial charge >= 0.3 is 12.2 Å². The van der Waals surface area contributed by atoms with Gasteiger partial charge in [0.2, 0.25) is 0 Å². The smallest absolute Gasteiger partial charge is 0.410 e. The van der Waals surface area contributed by atoms with Crippen LogP contribution >= 0.6 is 0 Å². The van der Waals surface area contributed by atoms with E-state index in [1.807, 2.05) is 20.8 Å². The Morgan fingerprint density at radius 1 is 1.53 bits per heavy atom. The van der Waals surface area contributed by atoms with Crippen LogP contribution < -0.4 is 5.32 Å². The molecule has 0 aromatic rings. The number of likely N-dealkylation sites (tertiary alicyclic amines) is 1. The Hall–Kier alpha value is -1.46. The third-order valence-corrected chi connectivity index (χ3v) is 2.83. The van der Waals surface area contributed by atoms with E-state index in [4.69, 9.17) is 9.47 Å². The van der Waals surface area contributed by atoms with Crippen molar-refractivity contribution >= 4 is 12.2 Å². The fourth-order valence-corrected chi connectivity index (χ4v) is 2.06. The van der Waals surface area contributed by atoms with Gasteiger partial charge in [-0.25, -0.2) is 9.59 Å². The van der Waals surface area contributed by atoms with Gasteiger partial charge < -0.3 is 19.7 Å². The minimum atomic E-state index is -0.548. The number of amides is 2. The van der Waals surface area contributed by atoms with Gasteiger partial charge in [0.25, 0.3) is 0 Å². The number of rotatable bonds is 0. The summed E-state index contributed by atoms with van der Waals surface area (Å²) in [7, 11) is 0. The lowest BCUT2D eigenvalue weighted by molar-refractivity contribution is 0.0200. The topological polar surface area (TPSA) is 67.9 Å². The first-order valence-corrected chi connectivity index (χ1v) is 5.75. The first kappa shape index (κ1) is 12.0. The lowest BCUT2D eigenvalue weighted by atomic mass is 10.0. The van der Waals surface area contributed by atoms with Gasteiger partial charge in [0.1, 0.15) is 5.60 Å². The molecule has 96 valence electrons. The van der Waals surface area contributed by atoms with Gasteiger partial charge in [-0.2, -0.15) is 0 Å². The van der Waals surface area contributed by atoms with Crippen molar-refractivity contribution in [2.45, 2.75) is 38.4 Å². The maximum Gasteiger partial charge on any atom is 0.410 e. The molecular weight excluding hydrogens is 224 g/mol. The predicted octanol–water partition coefficient (Wildman–Crippen LogP) is 1.11. The molecule has 2 fully saturated rings. The van der Waals surface area contributed by atoms with Crippen LogP contribution in [-0.4, -0.2) is 47.9 Å². The van der Waals surface area contributed by atoms with E-state index in [2.05, 4.69) is 5.32 Å². The normalized spacial score (nSPS) is 28.2. The molecule has 2 aliphatic rings. The van der Waals surface area contributed by atoms with Gasteiger partial charge in [-0.1, -0.05) is 0 Å². The van der Waals surface area contributed by atoms with Crippen molar-refractivity contribution in [3.05, 3.63) is 0 Å². The summed E-state index contributed by atoms with van der Waals surface area (Å²) >= 11 is 0. The summed E-state index contributed by atoms with van der Waals surface area (Å²) in [6.07, 6.45) is -0.0984. The monoisotopic (exact) mass is 242 g/mol. The Labute approximate surface area is 100 Å². The van der Waals surface area contributed by atoms with Crippen LogP contribution in [0.5, 0.6) is 0 Å². The molecule has 17 heavy (non-hydrogen) atoms. The molecule has 2 rings (SSSR count). The van der Waals surface area contributed by atoms with E-state index in [-0.39, 0.29) is 6.09 Å². The van der Waals surface area contributed by atoms with Crippen LogP contribution in [0.2, 0.25) is 0 Å². The zero-order valence-electron chi connectivity index (χ0n) is 10.4. The highest BCUT2D eigenvalue weighted by atomic mass is 16.6. The number of carbonyl (C=O) groups excluding carboxylic acids is 2. The summed E-state index contributed by atoms with van der Waals surface area (Å²) in [5.41, 5.74) is -1.05. The number of nitrogens with one attached hydrogen (secondary N) is 1.